The minimum atomic E-state index is -3.84. The largest absolute Gasteiger partial charge is 0.507 e. The molecular weight excluding hydrogens is 1820 g/mol. The summed E-state index contributed by atoms with van der Waals surface area (Å²) in [6.07, 6.45) is -11.7. The number of phenolic OH excluding ortho intramolecular Hbond substituents is 2. The summed E-state index contributed by atoms with van der Waals surface area (Å²) < 4.78 is 79.8. The van der Waals surface area contributed by atoms with E-state index in [-0.39, 0.29) is 122 Å². The Morgan fingerprint density at radius 3 is 1.93 bits per heavy atom. The van der Waals surface area contributed by atoms with Crippen molar-refractivity contribution in [1.29, 1.82) is 0 Å². The normalized spacial score (nSPS) is 29.1. The average molecular weight is 1950 g/mol. The van der Waals surface area contributed by atoms with Crippen molar-refractivity contribution in [2.45, 2.75) is 265 Å². The van der Waals surface area contributed by atoms with E-state index < -0.39 is 232 Å². The maximum atomic E-state index is 16.7. The molecule has 7 aliphatic heterocycles. The number of amides is 6. The van der Waals surface area contributed by atoms with Crippen LogP contribution in [0, 0.1) is 47.3 Å². The Labute approximate surface area is 797 Å². The minimum Gasteiger partial charge on any atom is -0.507 e. The number of ether oxygens (including phenoxy) is 8. The first kappa shape index (κ1) is 102. The Balaban J connectivity index is 0.876. The highest BCUT2D eigenvalue weighted by Crippen LogP contribution is 2.59. The highest BCUT2D eigenvalue weighted by molar-refractivity contribution is 7.89. The monoisotopic (exact) mass is 1940 g/mol. The Hall–Kier alpha value is -10.2. The number of Topliss-reactive ketones (excluding diaryl/α,β-unsaturated/α-hetero) is 3. The number of halogens is 2. The van der Waals surface area contributed by atoms with E-state index in [1.165, 1.54) is 74.5 Å². The van der Waals surface area contributed by atoms with Crippen LogP contribution < -0.4 is 66.5 Å². The number of phenols is 2. The molecule has 0 unspecified atom stereocenters. The number of ketones is 3. The topological polar surface area (TPSA) is 548 Å². The van der Waals surface area contributed by atoms with E-state index >= 15 is 28.8 Å². The van der Waals surface area contributed by atoms with E-state index in [1.54, 1.807) is 19.1 Å². The molecule has 4 aliphatic carbocycles. The summed E-state index contributed by atoms with van der Waals surface area (Å²) in [5, 5.41) is 109. The molecule has 6 aromatic carbocycles. The van der Waals surface area contributed by atoms with E-state index in [2.05, 4.69) is 38.2 Å². The summed E-state index contributed by atoms with van der Waals surface area (Å²) in [4.78, 5) is 138. The highest BCUT2D eigenvalue weighted by atomic mass is 35.5. The lowest BCUT2D eigenvalue weighted by molar-refractivity contribution is -0.333. The molecule has 136 heavy (non-hydrogen) atoms. The van der Waals surface area contributed by atoms with Gasteiger partial charge in [-0.1, -0.05) is 94.8 Å². The zero-order valence-corrected chi connectivity index (χ0v) is 78.8. The number of hydrogen-bond acceptors (Lipinski definition) is 28. The SMILES string of the molecule is CCCCCOc1ccc(S(=O)(=O)NCCCCCCNC(=O)Oc2cc(O)c3c(c2)[C@@H](C(=O)CC2C4CC5CC(C4)CC2C5)NC(=O)[C@H]2NC(=O)[C@H](CC(=O)[C@@H]4NC(=O)[C@H](CC(N)=O)CC(=O)[C@H](NC(=O)[C@H](CC)CC(C)C)[C@H](O)c5ccc(c(Cl)c5)Oc5cc4cc(c5O[C@@H]4O[C@H](CO)[C@@H](O)[C@H](O)[C@H]4O[C@H]4C[C@](C)(N)[C@H](O)[C@H](C)O4)Oc4ccc(cc4Cl)[C@H]2O)c2ccc(O)c-3c2)cc1. The lowest BCUT2D eigenvalue weighted by Crippen LogP contribution is -2.64. The third-order valence-electron chi connectivity index (χ3n) is 27.6. The molecule has 6 aromatic rings. The van der Waals surface area contributed by atoms with Gasteiger partial charge in [0.05, 0.1) is 52.2 Å². The van der Waals surface area contributed by atoms with Crippen molar-refractivity contribution < 1.29 is 130 Å². The maximum absolute atomic E-state index is 16.7. The number of nitrogens with one attached hydrogen (secondary N) is 6. The fourth-order valence-corrected chi connectivity index (χ4v) is 22.1. The van der Waals surface area contributed by atoms with Crippen molar-refractivity contribution in [3.8, 4) is 62.9 Å². The van der Waals surface area contributed by atoms with E-state index in [4.69, 9.17) is 72.6 Å². The van der Waals surface area contributed by atoms with E-state index in [0.717, 1.165) is 81.7 Å². The summed E-state index contributed by atoms with van der Waals surface area (Å²) in [5.74, 6) is -15.5. The van der Waals surface area contributed by atoms with Crippen molar-refractivity contribution in [2.75, 3.05) is 26.3 Å². The van der Waals surface area contributed by atoms with Crippen LogP contribution in [0.4, 0.5) is 4.79 Å². The summed E-state index contributed by atoms with van der Waals surface area (Å²) in [6, 6.07) is 13.4. The number of aromatic hydroxyl groups is 2. The molecule has 736 valence electrons. The second kappa shape index (κ2) is 43.9. The third-order valence-corrected chi connectivity index (χ3v) is 29.6. The number of aliphatic hydroxyl groups is 6. The van der Waals surface area contributed by atoms with Gasteiger partial charge in [-0.05, 0) is 220 Å². The van der Waals surface area contributed by atoms with E-state index in [1.807, 2.05) is 13.8 Å². The molecule has 38 heteroatoms. The predicted octanol–water partition coefficient (Wildman–Crippen LogP) is 9.96. The number of carbonyl (C=O) groups excluding carboxylic acids is 9. The Kier molecular flexibility index (Phi) is 32.8. The molecule has 6 amide bonds. The van der Waals surface area contributed by atoms with E-state index in [9.17, 15) is 63.7 Å². The zero-order chi connectivity index (χ0) is 97.6. The van der Waals surface area contributed by atoms with Crippen LogP contribution in [-0.4, -0.2) is 195 Å². The first-order valence-electron chi connectivity index (χ1n) is 46.8. The van der Waals surface area contributed by atoms with Crippen molar-refractivity contribution in [1.82, 2.24) is 31.3 Å². The van der Waals surface area contributed by atoms with Gasteiger partial charge >= 0.3 is 6.09 Å². The van der Waals surface area contributed by atoms with Gasteiger partial charge in [-0.25, -0.2) is 17.9 Å². The number of primary amides is 1. The molecule has 7 heterocycles. The van der Waals surface area contributed by atoms with Crippen LogP contribution in [0.15, 0.2) is 108 Å². The number of carbonyl (C=O) groups is 9. The van der Waals surface area contributed by atoms with Crippen LogP contribution in [-0.2, 0) is 62.6 Å². The quantitative estimate of drug-likeness (QED) is 0.0186. The lowest BCUT2D eigenvalue weighted by Gasteiger charge is -2.54. The average Bonchev–Trinajstić information content (AvgIpc) is 0.756. The van der Waals surface area contributed by atoms with E-state index in [0.29, 0.717) is 56.3 Å². The number of hydrogen-bond donors (Lipinski definition) is 16. The highest BCUT2D eigenvalue weighted by Gasteiger charge is 2.54. The lowest BCUT2D eigenvalue weighted by atomic mass is 9.51. The molecule has 18 N–H and O–H groups in total. The van der Waals surface area contributed by atoms with Crippen LogP contribution in [0.2, 0.25) is 10.0 Å². The molecule has 4 saturated carbocycles. The van der Waals surface area contributed by atoms with Gasteiger partial charge in [0, 0.05) is 73.8 Å². The van der Waals surface area contributed by atoms with Crippen LogP contribution in [0.5, 0.6) is 51.7 Å². The Morgan fingerprint density at radius 2 is 1.32 bits per heavy atom. The number of fused-ring (bicyclic) bond motifs is 15. The first-order chi connectivity index (χ1) is 64.8. The summed E-state index contributed by atoms with van der Waals surface area (Å²) >= 11 is 14.6. The molecule has 6 fully saturated rings. The zero-order valence-electron chi connectivity index (χ0n) is 76.5. The van der Waals surface area contributed by atoms with Gasteiger partial charge in [-0.15, -0.1) is 0 Å². The third kappa shape index (κ3) is 23.5. The number of sulfonamides is 1. The van der Waals surface area contributed by atoms with Crippen LogP contribution in [0.3, 0.4) is 0 Å². The molecule has 2 saturated heterocycles. The summed E-state index contributed by atoms with van der Waals surface area (Å²) in [7, 11) is -3.84. The summed E-state index contributed by atoms with van der Waals surface area (Å²) in [5.41, 5.74) is 9.35. The van der Waals surface area contributed by atoms with Crippen LogP contribution in [0.1, 0.15) is 222 Å². The van der Waals surface area contributed by atoms with Gasteiger partial charge in [0.15, 0.2) is 41.2 Å². The van der Waals surface area contributed by atoms with Gasteiger partial charge in [0.2, 0.25) is 51.6 Å². The van der Waals surface area contributed by atoms with Crippen LogP contribution in [0.25, 0.3) is 11.1 Å². The number of aliphatic hydroxyl groups excluding tert-OH is 6. The van der Waals surface area contributed by atoms with Gasteiger partial charge in [0.1, 0.15) is 89.2 Å². The standard InChI is InChI=1S/C98H122Cl2N8O27S/c1-7-9-14-27-128-59-18-20-61(21-19-59)136(126,127)104-26-13-11-10-12-25-103-97(125)130-60-41-65-80(69(111)42-60)64-34-52(15-22-68(64)110)63-44-71(113)81-57-38-75(131-73-23-16-53(35-66(73)99)85(116)83(107-92(121)51(8-2)28-47(3)4)70(112)37-58(40-78(101)115)93(122)105-81)89(135-96-90(88(119)87(118)77(46-109)133-96)134-79-45-98(6,102)91(120)48(5)129-79)76(39-57)132-74-24-17-54(36-67(74)100)86(117)84(108-94(63)123)95(124)106-82(65)72(114)43-62-55-30-49-29-50(32-55)33-56(62)31-49/h15-24,34-36,38-39,41-42,47-51,55-56,58,62-63,77,79,81-88,90-91,96,104,109-111,116-120H,7-14,25-33,37,40,43-46,102H2,1-6H3,(H2,101,115)(H,103,125)(H,105,122)(H,106,124)(H,107,121)(H,108,123)/t48-,49?,50?,51+,55?,56?,58-,62?,63+,77+,79-,81+,82-,83-,84-,85+,86+,87+,88-,90+,91+,96-,98-/m0/s1. The van der Waals surface area contributed by atoms with Crippen molar-refractivity contribution in [3.05, 3.63) is 141 Å². The molecule has 0 spiro atoms. The number of unbranched alkanes of at least 4 members (excludes halogenated alkanes) is 5. The molecule has 11 aliphatic rings. The maximum Gasteiger partial charge on any atom is 0.412 e. The number of nitrogens with two attached hydrogens (primary N) is 2. The first-order valence-corrected chi connectivity index (χ1v) is 49.0. The number of rotatable bonds is 30. The fraction of sp³-hybridized carbons (Fsp3) is 0.541. The molecular formula is C98H122Cl2N8O27S. The molecule has 18 atom stereocenters. The molecule has 17 rings (SSSR count). The van der Waals surface area contributed by atoms with Crippen LogP contribution >= 0.6 is 23.2 Å². The van der Waals surface area contributed by atoms with Crippen molar-refractivity contribution in [3.63, 3.8) is 0 Å². The summed E-state index contributed by atoms with van der Waals surface area (Å²) in [6.45, 7) is 10.4. The van der Waals surface area contributed by atoms with Gasteiger partial charge in [0.25, 0.3) is 0 Å². The number of benzene rings is 6. The molecule has 35 nitrogen and oxygen atoms in total. The molecule has 15 bridgehead atoms. The second-order valence-corrected chi connectivity index (χ2v) is 40.7. The van der Waals surface area contributed by atoms with Crippen molar-refractivity contribution >= 4 is 86.2 Å². The van der Waals surface area contributed by atoms with Gasteiger partial charge in [-0.2, -0.15) is 0 Å². The molecule has 0 radical (unpaired) electrons. The van der Waals surface area contributed by atoms with Crippen molar-refractivity contribution in [2.24, 2.45) is 58.8 Å². The predicted molar refractivity (Wildman–Crippen MR) is 493 cm³/mol. The molecule has 0 aromatic heterocycles. The van der Waals surface area contributed by atoms with Gasteiger partial charge < -0.3 is 117 Å². The Morgan fingerprint density at radius 1 is 0.669 bits per heavy atom. The second-order valence-electron chi connectivity index (χ2n) is 38.1. The smallest absolute Gasteiger partial charge is 0.412 e. The minimum absolute atomic E-state index is 0.0305. The Bertz CT molecular complexity index is 5510. The fourth-order valence-electron chi connectivity index (χ4n) is 20.5. The van der Waals surface area contributed by atoms with Gasteiger partial charge in [-0.3, -0.25) is 38.4 Å².